The van der Waals surface area contributed by atoms with E-state index in [4.69, 9.17) is 23.2 Å². The van der Waals surface area contributed by atoms with Gasteiger partial charge in [-0.2, -0.15) is 0 Å². The fourth-order valence-electron chi connectivity index (χ4n) is 10.5. The summed E-state index contributed by atoms with van der Waals surface area (Å²) in [4.78, 5) is 5.25. The molecular weight excluding hydrogens is 783 g/mol. The Bertz CT molecular complexity index is 1660. The molecule has 0 radical (unpaired) electrons. The SMILES string of the molecule is Cc1cc(C)c(N2CCN(c3c(C)cc(C)cc3C)C2=C2CCC(Cl)(P(C3CCCCC3)C3CCCCC3)C(=Cc3ccccc3)C2Cl)c(C)c1.[Ru+2]. The summed E-state index contributed by atoms with van der Waals surface area (Å²) in [5.74, 6) is 1.29. The van der Waals surface area contributed by atoms with Crippen molar-refractivity contribution in [1.82, 2.24) is 0 Å². The molecule has 2 nitrogen and oxygen atoms in total. The number of benzene rings is 3. The minimum atomic E-state index is -0.465. The standard InChI is InChI=1S/C46H59Cl2N2P.Ru/c1-31-26-33(3)43(34(4)27-31)49-24-25-50(44-35(5)28-32(2)29-36(44)6)45(49)40-22-23-46(48,41(42(40)47)30-37-16-10-7-11-17-37)51(38-18-12-8-13-19-38)39-20-14-9-15-21-39;/h7,10-11,16-17,26-30,38-39,42H,8-9,12-15,18-25H2,1-6H3;/q;+2. The predicted octanol–water partition coefficient (Wildman–Crippen LogP) is 13.6. The van der Waals surface area contributed by atoms with Crippen LogP contribution in [0.25, 0.3) is 6.08 Å². The van der Waals surface area contributed by atoms with Gasteiger partial charge in [0.1, 0.15) is 5.82 Å². The van der Waals surface area contributed by atoms with Crippen molar-refractivity contribution in [3.63, 3.8) is 0 Å². The molecule has 7 rings (SSSR count). The Morgan fingerprint density at radius 2 is 1.12 bits per heavy atom. The van der Waals surface area contributed by atoms with E-state index in [1.54, 1.807) is 0 Å². The topological polar surface area (TPSA) is 6.48 Å². The van der Waals surface area contributed by atoms with Crippen LogP contribution in [0.1, 0.15) is 116 Å². The third kappa shape index (κ3) is 7.88. The molecule has 2 atom stereocenters. The largest absolute Gasteiger partial charge is 2.00 e. The number of anilines is 2. The first-order chi connectivity index (χ1) is 24.6. The number of hydrogen-bond donors (Lipinski definition) is 0. The first-order valence-corrected chi connectivity index (χ1v) is 22.2. The Morgan fingerprint density at radius 1 is 0.673 bits per heavy atom. The summed E-state index contributed by atoms with van der Waals surface area (Å²) in [5, 5.41) is -0.274. The van der Waals surface area contributed by atoms with Crippen LogP contribution in [0.5, 0.6) is 0 Å². The van der Waals surface area contributed by atoms with Gasteiger partial charge in [-0.05, 0) is 130 Å². The number of allylic oxidation sites excluding steroid dienone is 2. The van der Waals surface area contributed by atoms with Gasteiger partial charge >= 0.3 is 19.5 Å². The van der Waals surface area contributed by atoms with E-state index in [1.807, 2.05) is 0 Å². The fourth-order valence-corrected chi connectivity index (χ4v) is 16.6. The van der Waals surface area contributed by atoms with Crippen LogP contribution in [-0.4, -0.2) is 34.4 Å². The molecule has 4 fully saturated rings. The Hall–Kier alpha value is -1.63. The van der Waals surface area contributed by atoms with E-state index in [2.05, 4.69) is 112 Å². The molecule has 6 heteroatoms. The van der Waals surface area contributed by atoms with Gasteiger partial charge in [0.05, 0.1) is 9.99 Å². The summed E-state index contributed by atoms with van der Waals surface area (Å²) in [6.45, 7) is 15.4. The molecule has 3 saturated carbocycles. The Morgan fingerprint density at radius 3 is 1.56 bits per heavy atom. The van der Waals surface area contributed by atoms with Gasteiger partial charge in [-0.3, -0.25) is 0 Å². The second-order valence-electron chi connectivity index (χ2n) is 16.3. The second kappa shape index (κ2) is 17.0. The molecule has 0 spiro atoms. The molecule has 3 aromatic rings. The molecular formula is C46H59Cl2N2PRu+2. The van der Waals surface area contributed by atoms with Crippen LogP contribution in [0.15, 0.2) is 71.6 Å². The smallest absolute Gasteiger partial charge is 0.325 e. The van der Waals surface area contributed by atoms with E-state index in [0.717, 1.165) is 37.2 Å². The second-order valence-corrected chi connectivity index (χ2v) is 20.7. The van der Waals surface area contributed by atoms with Gasteiger partial charge in [0.15, 0.2) is 0 Å². The summed E-state index contributed by atoms with van der Waals surface area (Å²) >= 11 is 16.6. The summed E-state index contributed by atoms with van der Waals surface area (Å²) in [6.07, 6.45) is 17.9. The van der Waals surface area contributed by atoms with Gasteiger partial charge < -0.3 is 9.80 Å². The maximum absolute atomic E-state index is 8.46. The van der Waals surface area contributed by atoms with E-state index >= 15 is 0 Å². The van der Waals surface area contributed by atoms with E-state index in [-0.39, 0.29) is 24.9 Å². The molecule has 0 bridgehead atoms. The monoisotopic (exact) mass is 842 g/mol. The van der Waals surface area contributed by atoms with Gasteiger partial charge in [0, 0.05) is 24.5 Å². The van der Waals surface area contributed by atoms with Crippen molar-refractivity contribution in [3.05, 3.63) is 111 Å². The zero-order valence-corrected chi connectivity index (χ0v) is 36.5. The van der Waals surface area contributed by atoms with E-state index in [1.165, 1.54) is 131 Å². The van der Waals surface area contributed by atoms with Gasteiger partial charge in [-0.1, -0.05) is 118 Å². The van der Waals surface area contributed by atoms with E-state index < -0.39 is 12.5 Å². The molecule has 0 aromatic heterocycles. The number of halogens is 2. The number of alkyl halides is 2. The van der Waals surface area contributed by atoms with Crippen molar-refractivity contribution in [2.75, 3.05) is 22.9 Å². The molecule has 0 amide bonds. The van der Waals surface area contributed by atoms with Gasteiger partial charge in [-0.25, -0.2) is 0 Å². The van der Waals surface area contributed by atoms with E-state index in [9.17, 15) is 0 Å². The number of aryl methyl sites for hydroxylation is 6. The zero-order valence-electron chi connectivity index (χ0n) is 32.4. The summed E-state index contributed by atoms with van der Waals surface area (Å²) in [6, 6.07) is 20.3. The van der Waals surface area contributed by atoms with Gasteiger partial charge in [-0.15, -0.1) is 23.2 Å². The first-order valence-electron chi connectivity index (χ1n) is 19.9. The molecule has 1 aliphatic heterocycles. The minimum absolute atomic E-state index is 0. The minimum Gasteiger partial charge on any atom is -0.325 e. The molecule has 3 aliphatic carbocycles. The molecule has 0 N–H and O–H groups in total. The first kappa shape index (κ1) is 40.0. The third-order valence-corrected chi connectivity index (χ3v) is 17.8. The van der Waals surface area contributed by atoms with Crippen LogP contribution < -0.4 is 9.80 Å². The van der Waals surface area contributed by atoms with Gasteiger partial charge in [0.2, 0.25) is 0 Å². The molecule has 278 valence electrons. The van der Waals surface area contributed by atoms with E-state index in [0.29, 0.717) is 0 Å². The Labute approximate surface area is 339 Å². The molecule has 2 unspecified atom stereocenters. The normalized spacial score (nSPS) is 24.2. The van der Waals surface area contributed by atoms with Crippen LogP contribution in [0.4, 0.5) is 11.4 Å². The van der Waals surface area contributed by atoms with Crippen LogP contribution in [0.3, 0.4) is 0 Å². The summed E-state index contributed by atoms with van der Waals surface area (Å²) in [7, 11) is -0.465. The van der Waals surface area contributed by atoms with Crippen LogP contribution in [0.2, 0.25) is 0 Å². The molecule has 4 aliphatic rings. The Balaban J connectivity index is 0.00000464. The average Bonchev–Trinajstić information content (AvgIpc) is 3.50. The fraction of sp³-hybridized carbons (Fsp3) is 0.522. The maximum Gasteiger partial charge on any atom is 2.00 e. The van der Waals surface area contributed by atoms with Crippen molar-refractivity contribution in [1.29, 1.82) is 0 Å². The van der Waals surface area contributed by atoms with Crippen LogP contribution >= 0.6 is 31.1 Å². The van der Waals surface area contributed by atoms with Gasteiger partial charge in [0.25, 0.3) is 0 Å². The summed E-state index contributed by atoms with van der Waals surface area (Å²) in [5.41, 5.74) is 15.9. The van der Waals surface area contributed by atoms with Crippen molar-refractivity contribution in [3.8, 4) is 0 Å². The number of nitrogens with zero attached hydrogens (tertiary/aromatic N) is 2. The Kier molecular flexibility index (Phi) is 13.1. The molecule has 1 heterocycles. The number of rotatable bonds is 6. The average molecular weight is 843 g/mol. The van der Waals surface area contributed by atoms with Crippen molar-refractivity contribution in [2.24, 2.45) is 0 Å². The molecule has 3 aromatic carbocycles. The maximum atomic E-state index is 8.46. The quantitative estimate of drug-likeness (QED) is 0.139. The van der Waals surface area contributed by atoms with Crippen molar-refractivity contribution < 1.29 is 19.5 Å². The van der Waals surface area contributed by atoms with Crippen molar-refractivity contribution in [2.45, 2.75) is 140 Å². The summed E-state index contributed by atoms with van der Waals surface area (Å²) < 4.78 is -0.398. The third-order valence-electron chi connectivity index (χ3n) is 12.4. The van der Waals surface area contributed by atoms with Crippen LogP contribution in [-0.2, 0) is 19.5 Å². The van der Waals surface area contributed by atoms with Crippen LogP contribution in [0, 0.1) is 41.5 Å². The predicted molar refractivity (Wildman–Crippen MR) is 226 cm³/mol. The molecule has 52 heavy (non-hydrogen) atoms. The number of hydrogen-bond acceptors (Lipinski definition) is 2. The van der Waals surface area contributed by atoms with Crippen molar-refractivity contribution >= 4 is 48.6 Å². The zero-order chi connectivity index (χ0) is 35.9. The molecule has 1 saturated heterocycles.